The first-order valence-corrected chi connectivity index (χ1v) is 36.6. The summed E-state index contributed by atoms with van der Waals surface area (Å²) >= 11 is 0. The number of fused-ring (bicyclic) bond motifs is 10. The minimum absolute atomic E-state index is 0.192. The molecule has 4 aliphatic heterocycles. The van der Waals surface area contributed by atoms with Crippen LogP contribution in [0, 0.1) is 0 Å². The summed E-state index contributed by atoms with van der Waals surface area (Å²) in [5, 5.41) is 4.88. The molecular weight excluding hydrogens is 1280 g/mol. The first kappa shape index (κ1) is 60.9. The molecule has 8 heteroatoms. The maximum absolute atomic E-state index is 2.64. The lowest BCUT2D eigenvalue weighted by Crippen LogP contribution is -2.65. The highest BCUT2D eigenvalue weighted by Crippen LogP contribution is 2.54. The molecule has 0 unspecified atom stereocenters. The largest absolute Gasteiger partial charge is 0.311 e. The SMILES string of the molecule is c1ccc(-c2c3ccccc3c(-c3cccc(N4c5ccccc5B5c6cc7c(cc6N(c6ccccc6)c6cc(N(c8ccccc8)c8ccccc8)cc4c65)N(c4ccccc4)c4cc(N(c5ccccc5)c5ccccc5)cc5c4B7c4ccccc4N5c4ccccc4)c3)c3ccccc23)cc1. The molecule has 4 heterocycles. The van der Waals surface area contributed by atoms with Gasteiger partial charge in [0.2, 0.25) is 0 Å². The normalized spacial score (nSPS) is 12.8. The third-order valence-corrected chi connectivity index (χ3v) is 22.0. The van der Waals surface area contributed by atoms with Crippen LogP contribution in [0.2, 0.25) is 0 Å². The van der Waals surface area contributed by atoms with E-state index < -0.39 is 0 Å². The summed E-state index contributed by atoms with van der Waals surface area (Å²) in [6, 6.07) is 149. The van der Waals surface area contributed by atoms with Crippen molar-refractivity contribution in [1.82, 2.24) is 0 Å². The van der Waals surface area contributed by atoms with E-state index in [1.54, 1.807) is 0 Å². The summed E-state index contributed by atoms with van der Waals surface area (Å²) in [7, 11) is 0. The molecular formula is C98H66B2N6. The van der Waals surface area contributed by atoms with E-state index >= 15 is 0 Å². The Morgan fingerprint density at radius 3 is 0.840 bits per heavy atom. The fraction of sp³-hybridized carbons (Fsp3) is 0. The highest BCUT2D eigenvalue weighted by atomic mass is 15.2. The van der Waals surface area contributed by atoms with Gasteiger partial charge in [-0.3, -0.25) is 0 Å². The highest BCUT2D eigenvalue weighted by molar-refractivity contribution is 7.03. The maximum atomic E-state index is 2.64. The van der Waals surface area contributed by atoms with Gasteiger partial charge in [-0.05, 0) is 216 Å². The van der Waals surface area contributed by atoms with Gasteiger partial charge in [0.15, 0.2) is 0 Å². The minimum Gasteiger partial charge on any atom is -0.311 e. The summed E-state index contributed by atoms with van der Waals surface area (Å²) in [5.74, 6) is 0. The van der Waals surface area contributed by atoms with Crippen LogP contribution in [0.25, 0.3) is 43.8 Å². The lowest BCUT2D eigenvalue weighted by Gasteiger charge is -2.48. The van der Waals surface area contributed by atoms with Gasteiger partial charge < -0.3 is 29.4 Å². The predicted molar refractivity (Wildman–Crippen MR) is 450 cm³/mol. The molecule has 0 atom stereocenters. The summed E-state index contributed by atoms with van der Waals surface area (Å²) in [6.07, 6.45) is 0. The minimum atomic E-state index is -0.228. The second kappa shape index (κ2) is 25.0. The number of rotatable bonds is 12. The number of para-hydroxylation sites is 9. The van der Waals surface area contributed by atoms with Gasteiger partial charge >= 0.3 is 0 Å². The van der Waals surface area contributed by atoms with Gasteiger partial charge in [-0.1, -0.05) is 261 Å². The van der Waals surface area contributed by atoms with E-state index in [1.165, 1.54) is 71.0 Å². The maximum Gasteiger partial charge on any atom is 0.252 e. The fourth-order valence-electron chi connectivity index (χ4n) is 17.8. The molecule has 17 aromatic rings. The van der Waals surface area contributed by atoms with Crippen molar-refractivity contribution >= 4 is 170 Å². The van der Waals surface area contributed by atoms with Gasteiger partial charge in [0.1, 0.15) is 0 Å². The molecule has 0 aromatic heterocycles. The molecule has 0 bridgehead atoms. The number of nitrogens with zero attached hydrogens (tertiary/aromatic N) is 6. The molecule has 21 rings (SSSR count). The topological polar surface area (TPSA) is 19.4 Å². The van der Waals surface area contributed by atoms with Crippen molar-refractivity contribution < 1.29 is 0 Å². The molecule has 0 N–H and O–H groups in total. The zero-order chi connectivity index (χ0) is 69.8. The smallest absolute Gasteiger partial charge is 0.252 e. The molecule has 0 saturated carbocycles. The summed E-state index contributed by atoms with van der Waals surface area (Å²) < 4.78 is 0. The van der Waals surface area contributed by atoms with Crippen molar-refractivity contribution in [2.45, 2.75) is 0 Å². The Bertz CT molecular complexity index is 6120. The van der Waals surface area contributed by atoms with Crippen molar-refractivity contribution in [3.8, 4) is 22.3 Å². The van der Waals surface area contributed by atoms with Crippen molar-refractivity contribution in [3.05, 3.63) is 400 Å². The van der Waals surface area contributed by atoms with Gasteiger partial charge in [0.25, 0.3) is 13.4 Å². The first-order chi connectivity index (χ1) is 52.7. The average molecular weight is 1350 g/mol. The Balaban J connectivity index is 0.855. The predicted octanol–water partition coefficient (Wildman–Crippen LogP) is 22.4. The summed E-state index contributed by atoms with van der Waals surface area (Å²) in [6.45, 7) is -0.420. The lowest BCUT2D eigenvalue weighted by atomic mass is 9.30. The van der Waals surface area contributed by atoms with E-state index in [0.29, 0.717) is 0 Å². The van der Waals surface area contributed by atoms with Crippen LogP contribution in [0.1, 0.15) is 0 Å². The molecule has 0 fully saturated rings. The molecule has 6 nitrogen and oxygen atoms in total. The number of hydrogen-bond acceptors (Lipinski definition) is 6. The Labute approximate surface area is 618 Å². The standard InChI is InChI=1S/C98H66B2N6/c1-9-34-67(35-10-1)95-79-52-25-27-54-81(79)96(82-55-28-26-53-80(82)95)68-36-33-51-76(60-68)106-88-59-32-30-57-84(88)100-86-65-85-89(66-90(86)105(75-49-23-8-24-50-75)93-63-78(64-94(106)98(93)100)102(71-41-15-4-16-42-71)72-43-17-5-18-44-72)104(74-47-21-7-22-48-74)92-62-77(101(69-37-11-2-12-38-69)70-39-13-3-14-40-70)61-91-97(92)99(85)83-56-29-31-58-87(83)103(91)73-45-19-6-20-46-73/h1-66H. The van der Waals surface area contributed by atoms with Crippen LogP contribution in [0.3, 0.4) is 0 Å². The Morgan fingerprint density at radius 2 is 0.462 bits per heavy atom. The second-order valence-electron chi connectivity index (χ2n) is 27.9. The summed E-state index contributed by atoms with van der Waals surface area (Å²) in [4.78, 5) is 15.1. The molecule has 4 aliphatic rings. The fourth-order valence-corrected chi connectivity index (χ4v) is 17.8. The van der Waals surface area contributed by atoms with Crippen molar-refractivity contribution in [2.24, 2.45) is 0 Å². The van der Waals surface area contributed by atoms with E-state index in [0.717, 1.165) is 108 Å². The Morgan fingerprint density at radius 1 is 0.179 bits per heavy atom. The van der Waals surface area contributed by atoms with Crippen LogP contribution in [0.5, 0.6) is 0 Å². The quantitative estimate of drug-likeness (QED) is 0.0891. The van der Waals surface area contributed by atoms with Gasteiger partial charge in [-0.25, -0.2) is 0 Å². The zero-order valence-corrected chi connectivity index (χ0v) is 57.9. The third kappa shape index (κ3) is 9.68. The molecule has 0 radical (unpaired) electrons. The lowest BCUT2D eigenvalue weighted by molar-refractivity contribution is 1.21. The van der Waals surface area contributed by atoms with Crippen LogP contribution in [-0.2, 0) is 0 Å². The summed E-state index contributed by atoms with van der Waals surface area (Å²) in [5.41, 5.74) is 31.9. The third-order valence-electron chi connectivity index (χ3n) is 22.0. The molecule has 0 aliphatic carbocycles. The number of anilines is 18. The molecule has 0 amide bonds. The van der Waals surface area contributed by atoms with Crippen LogP contribution < -0.4 is 62.2 Å². The second-order valence-corrected chi connectivity index (χ2v) is 27.9. The van der Waals surface area contributed by atoms with E-state index in [9.17, 15) is 0 Å². The van der Waals surface area contributed by atoms with Crippen molar-refractivity contribution in [3.63, 3.8) is 0 Å². The molecule has 494 valence electrons. The van der Waals surface area contributed by atoms with Crippen molar-refractivity contribution in [2.75, 3.05) is 29.4 Å². The van der Waals surface area contributed by atoms with Gasteiger partial charge in [-0.2, -0.15) is 0 Å². The Kier molecular flexibility index (Phi) is 14.4. The van der Waals surface area contributed by atoms with E-state index in [2.05, 4.69) is 430 Å². The number of hydrogen-bond donors (Lipinski definition) is 0. The van der Waals surface area contributed by atoms with Crippen LogP contribution >= 0.6 is 0 Å². The van der Waals surface area contributed by atoms with E-state index in [4.69, 9.17) is 0 Å². The Hall–Kier alpha value is -13.8. The average Bonchev–Trinajstić information content (AvgIpc) is 0.682. The molecule has 0 spiro atoms. The monoisotopic (exact) mass is 1350 g/mol. The molecule has 106 heavy (non-hydrogen) atoms. The van der Waals surface area contributed by atoms with Gasteiger partial charge in [0, 0.05) is 91.0 Å². The van der Waals surface area contributed by atoms with E-state index in [-0.39, 0.29) is 13.4 Å². The zero-order valence-electron chi connectivity index (χ0n) is 57.9. The van der Waals surface area contributed by atoms with E-state index in [1.807, 2.05) is 0 Å². The highest BCUT2D eigenvalue weighted by Gasteiger charge is 2.49. The van der Waals surface area contributed by atoms with Crippen LogP contribution in [0.15, 0.2) is 400 Å². The molecule has 17 aromatic carbocycles. The first-order valence-electron chi connectivity index (χ1n) is 36.6. The number of benzene rings is 17. The molecule has 0 saturated heterocycles. The van der Waals surface area contributed by atoms with Crippen LogP contribution in [-0.4, -0.2) is 13.4 Å². The van der Waals surface area contributed by atoms with Crippen LogP contribution in [0.4, 0.5) is 102 Å². The van der Waals surface area contributed by atoms with Gasteiger partial charge in [0.05, 0.1) is 11.4 Å². The van der Waals surface area contributed by atoms with Gasteiger partial charge in [-0.15, -0.1) is 0 Å². The van der Waals surface area contributed by atoms with Crippen molar-refractivity contribution in [1.29, 1.82) is 0 Å².